The number of para-hydroxylation sites is 1. The summed E-state index contributed by atoms with van der Waals surface area (Å²) < 4.78 is 1.73. The van der Waals surface area contributed by atoms with E-state index in [2.05, 4.69) is 20.3 Å². The highest BCUT2D eigenvalue weighted by molar-refractivity contribution is 5.81. The number of nitrogens with two attached hydrogens (primary N) is 1. The van der Waals surface area contributed by atoms with Gasteiger partial charge in [-0.3, -0.25) is 14.3 Å². The molecule has 2 aromatic carbocycles. The first-order valence-electron chi connectivity index (χ1n) is 12.5. The molecule has 0 radical (unpaired) electrons. The molecule has 0 spiro atoms. The first-order chi connectivity index (χ1) is 18.5. The maximum Gasteiger partial charge on any atom is 0.266 e. The summed E-state index contributed by atoms with van der Waals surface area (Å²) in [5.41, 5.74) is 11.0. The van der Waals surface area contributed by atoms with Gasteiger partial charge in [-0.15, -0.1) is 0 Å². The normalized spacial score (nSPS) is 11.3. The molecule has 0 aliphatic heterocycles. The van der Waals surface area contributed by atoms with Crippen LogP contribution in [0.15, 0.2) is 77.9 Å². The lowest BCUT2D eigenvalue weighted by Crippen LogP contribution is -2.25. The molecule has 8 heteroatoms. The molecule has 3 N–H and O–H groups in total. The smallest absolute Gasteiger partial charge is 0.266 e. The molecule has 5 aromatic rings. The van der Waals surface area contributed by atoms with Gasteiger partial charge in [0.15, 0.2) is 0 Å². The Bertz CT molecular complexity index is 1660. The Hall–Kier alpha value is -4.85. The van der Waals surface area contributed by atoms with E-state index in [4.69, 9.17) is 10.7 Å². The standard InChI is InChI=1S/C30H29N7O/c1-20-8-6-11-25-27(20)29(38)37(23-9-4-3-5-10-23)26(35-25)12-7-17-33-28-24(21(2)34-30(31)36-28)14-13-22-15-18-32-19-16-22/h3-6,8-11,13-16,18-19H,7,12,17H2,1-2H3,(H3,31,33,34,36)/b14-13+. The van der Waals surface area contributed by atoms with Crippen LogP contribution in [0.25, 0.3) is 28.7 Å². The van der Waals surface area contributed by atoms with Crippen molar-refractivity contribution in [2.45, 2.75) is 26.7 Å². The molecule has 38 heavy (non-hydrogen) atoms. The number of aromatic nitrogens is 5. The Morgan fingerprint density at radius 1 is 0.921 bits per heavy atom. The number of nitrogens with zero attached hydrogens (tertiary/aromatic N) is 5. The molecule has 8 nitrogen and oxygen atoms in total. The zero-order chi connectivity index (χ0) is 26.5. The molecule has 0 atom stereocenters. The fraction of sp³-hybridized carbons (Fsp3) is 0.167. The lowest BCUT2D eigenvalue weighted by molar-refractivity contribution is 0.753. The summed E-state index contributed by atoms with van der Waals surface area (Å²) in [6.07, 6.45) is 8.81. The van der Waals surface area contributed by atoms with E-state index in [0.29, 0.717) is 29.7 Å². The fourth-order valence-corrected chi connectivity index (χ4v) is 4.50. The number of benzene rings is 2. The van der Waals surface area contributed by atoms with Crippen molar-refractivity contribution in [3.05, 3.63) is 112 Å². The van der Waals surface area contributed by atoms with Crippen LogP contribution in [0.3, 0.4) is 0 Å². The molecule has 0 aliphatic rings. The predicted molar refractivity (Wildman–Crippen MR) is 153 cm³/mol. The molecule has 0 aliphatic carbocycles. The Morgan fingerprint density at radius 3 is 2.50 bits per heavy atom. The molecular formula is C30H29N7O. The fourth-order valence-electron chi connectivity index (χ4n) is 4.50. The number of rotatable bonds is 8. The van der Waals surface area contributed by atoms with Crippen molar-refractivity contribution in [2.24, 2.45) is 0 Å². The van der Waals surface area contributed by atoms with E-state index in [1.165, 1.54) is 0 Å². The second kappa shape index (κ2) is 11.0. The molecule has 5 rings (SSSR count). The van der Waals surface area contributed by atoms with Crippen LogP contribution in [0.1, 0.15) is 34.6 Å². The maximum atomic E-state index is 13.6. The van der Waals surface area contributed by atoms with Crippen LogP contribution < -0.4 is 16.6 Å². The maximum absolute atomic E-state index is 13.6. The first-order valence-corrected chi connectivity index (χ1v) is 12.5. The average molecular weight is 504 g/mol. The summed E-state index contributed by atoms with van der Waals surface area (Å²) in [5.74, 6) is 1.61. The van der Waals surface area contributed by atoms with Gasteiger partial charge in [-0.1, -0.05) is 36.4 Å². The van der Waals surface area contributed by atoms with Gasteiger partial charge in [0.05, 0.1) is 22.3 Å². The molecule has 0 saturated heterocycles. The van der Waals surface area contributed by atoms with E-state index in [1.54, 1.807) is 17.0 Å². The summed E-state index contributed by atoms with van der Waals surface area (Å²) in [6.45, 7) is 4.47. The Kier molecular flexibility index (Phi) is 7.21. The van der Waals surface area contributed by atoms with Gasteiger partial charge in [0, 0.05) is 30.9 Å². The van der Waals surface area contributed by atoms with Gasteiger partial charge < -0.3 is 11.1 Å². The average Bonchev–Trinajstić information content (AvgIpc) is 2.91. The Morgan fingerprint density at radius 2 is 1.71 bits per heavy atom. The number of hydrogen-bond donors (Lipinski definition) is 2. The summed E-state index contributed by atoms with van der Waals surface area (Å²) in [5, 5.41) is 4.06. The molecule has 0 unspecified atom stereocenters. The van der Waals surface area contributed by atoms with Crippen LogP contribution in [-0.2, 0) is 6.42 Å². The summed E-state index contributed by atoms with van der Waals surface area (Å²) in [6, 6.07) is 19.3. The summed E-state index contributed by atoms with van der Waals surface area (Å²) >= 11 is 0. The van der Waals surface area contributed by atoms with E-state index < -0.39 is 0 Å². The topological polar surface area (TPSA) is 112 Å². The van der Waals surface area contributed by atoms with Crippen LogP contribution in [0, 0.1) is 13.8 Å². The van der Waals surface area contributed by atoms with E-state index in [0.717, 1.165) is 40.3 Å². The zero-order valence-corrected chi connectivity index (χ0v) is 21.4. The van der Waals surface area contributed by atoms with Crippen LogP contribution in [0.2, 0.25) is 0 Å². The summed E-state index contributed by atoms with van der Waals surface area (Å²) in [4.78, 5) is 31.3. The van der Waals surface area contributed by atoms with Crippen molar-refractivity contribution >= 4 is 34.8 Å². The number of nitrogens with one attached hydrogen (secondary N) is 1. The van der Waals surface area contributed by atoms with Gasteiger partial charge in [-0.2, -0.15) is 4.98 Å². The number of nitrogen functional groups attached to an aromatic ring is 1. The van der Waals surface area contributed by atoms with Gasteiger partial charge in [-0.25, -0.2) is 9.97 Å². The second-order valence-electron chi connectivity index (χ2n) is 9.05. The van der Waals surface area contributed by atoms with Crippen LogP contribution in [0.4, 0.5) is 11.8 Å². The SMILES string of the molecule is Cc1nc(N)nc(NCCCc2nc3cccc(C)c3c(=O)n2-c2ccccc2)c1/C=C/c1ccncc1. The van der Waals surface area contributed by atoms with E-state index in [-0.39, 0.29) is 11.5 Å². The molecule has 190 valence electrons. The van der Waals surface area contributed by atoms with E-state index >= 15 is 0 Å². The van der Waals surface area contributed by atoms with Crippen molar-refractivity contribution in [3.63, 3.8) is 0 Å². The number of anilines is 2. The molecule has 0 amide bonds. The van der Waals surface area contributed by atoms with Crippen molar-refractivity contribution in [1.29, 1.82) is 0 Å². The van der Waals surface area contributed by atoms with Crippen molar-refractivity contribution < 1.29 is 0 Å². The highest BCUT2D eigenvalue weighted by Gasteiger charge is 2.14. The predicted octanol–water partition coefficient (Wildman–Crippen LogP) is 4.98. The lowest BCUT2D eigenvalue weighted by Gasteiger charge is -2.15. The largest absolute Gasteiger partial charge is 0.369 e. The van der Waals surface area contributed by atoms with Crippen molar-refractivity contribution in [1.82, 2.24) is 24.5 Å². The number of aryl methyl sites for hydroxylation is 3. The Balaban J connectivity index is 1.39. The van der Waals surface area contributed by atoms with E-state index in [9.17, 15) is 4.79 Å². The highest BCUT2D eigenvalue weighted by Crippen LogP contribution is 2.21. The third-order valence-corrected chi connectivity index (χ3v) is 6.36. The molecule has 0 fully saturated rings. The van der Waals surface area contributed by atoms with Crippen molar-refractivity contribution in [2.75, 3.05) is 17.6 Å². The molecule has 3 aromatic heterocycles. The van der Waals surface area contributed by atoms with E-state index in [1.807, 2.05) is 86.7 Å². The number of pyridine rings is 1. The minimum Gasteiger partial charge on any atom is -0.369 e. The van der Waals surface area contributed by atoms with Crippen molar-refractivity contribution in [3.8, 4) is 5.69 Å². The third-order valence-electron chi connectivity index (χ3n) is 6.36. The minimum absolute atomic E-state index is 0.0509. The van der Waals surface area contributed by atoms with Gasteiger partial charge in [-0.05, 0) is 67.8 Å². The summed E-state index contributed by atoms with van der Waals surface area (Å²) in [7, 11) is 0. The molecule has 0 saturated carbocycles. The Labute approximate surface area is 221 Å². The van der Waals surface area contributed by atoms with Gasteiger partial charge >= 0.3 is 0 Å². The minimum atomic E-state index is -0.0509. The number of fused-ring (bicyclic) bond motifs is 1. The van der Waals surface area contributed by atoms with Gasteiger partial charge in [0.2, 0.25) is 5.95 Å². The molecule has 3 heterocycles. The lowest BCUT2D eigenvalue weighted by atomic mass is 10.1. The second-order valence-corrected chi connectivity index (χ2v) is 9.05. The third kappa shape index (κ3) is 5.29. The molecule has 0 bridgehead atoms. The monoisotopic (exact) mass is 503 g/mol. The van der Waals surface area contributed by atoms with Crippen LogP contribution in [0.5, 0.6) is 0 Å². The highest BCUT2D eigenvalue weighted by atomic mass is 16.1. The zero-order valence-electron chi connectivity index (χ0n) is 21.4. The van der Waals surface area contributed by atoms with Gasteiger partial charge in [0.1, 0.15) is 11.6 Å². The van der Waals surface area contributed by atoms with Crippen LogP contribution >= 0.6 is 0 Å². The van der Waals surface area contributed by atoms with Crippen LogP contribution in [-0.4, -0.2) is 31.0 Å². The first kappa shape index (κ1) is 24.8. The molecular weight excluding hydrogens is 474 g/mol. The quantitative estimate of drug-likeness (QED) is 0.287. The number of hydrogen-bond acceptors (Lipinski definition) is 7. The van der Waals surface area contributed by atoms with Gasteiger partial charge in [0.25, 0.3) is 5.56 Å².